The number of hydrogen-bond acceptors (Lipinski definition) is 4. The van der Waals surface area contributed by atoms with Crippen molar-refractivity contribution in [1.82, 2.24) is 0 Å². The molecule has 0 aliphatic heterocycles. The molecule has 0 aromatic heterocycles. The van der Waals surface area contributed by atoms with E-state index in [1.54, 1.807) is 12.1 Å². The molecule has 0 unspecified atom stereocenters. The second-order valence-corrected chi connectivity index (χ2v) is 5.38. The van der Waals surface area contributed by atoms with Gasteiger partial charge in [-0.25, -0.2) is 0 Å². The average molecular weight is 300 g/mol. The summed E-state index contributed by atoms with van der Waals surface area (Å²) in [6, 6.07) is 15.9. The smallest absolute Gasteiger partial charge is 0.234 e. The fourth-order valence-electron chi connectivity index (χ4n) is 1.76. The van der Waals surface area contributed by atoms with Crippen molar-refractivity contribution in [2.24, 2.45) is 0 Å². The average Bonchev–Trinajstić information content (AvgIpc) is 2.48. The van der Waals surface area contributed by atoms with Crippen molar-refractivity contribution >= 4 is 29.3 Å². The van der Waals surface area contributed by atoms with Crippen LogP contribution in [0.25, 0.3) is 0 Å². The van der Waals surface area contributed by atoms with Crippen LogP contribution >= 0.6 is 11.8 Å². The molecular weight excluding hydrogens is 286 g/mol. The predicted molar refractivity (Wildman–Crippen MR) is 82.0 cm³/mol. The molecule has 1 N–H and O–H groups in total. The topological polar surface area (TPSA) is 69.2 Å². The van der Waals surface area contributed by atoms with Gasteiger partial charge in [0.25, 0.3) is 0 Å². The maximum atomic E-state index is 11.8. The first kappa shape index (κ1) is 15.1. The van der Waals surface area contributed by atoms with Crippen molar-refractivity contribution in [2.45, 2.75) is 5.75 Å². The molecule has 5 heteroatoms. The van der Waals surface area contributed by atoms with Crippen molar-refractivity contribution in [3.05, 3.63) is 65.7 Å². The van der Waals surface area contributed by atoms with E-state index in [9.17, 15) is 14.7 Å². The van der Waals surface area contributed by atoms with Gasteiger partial charge in [-0.05, 0) is 23.3 Å². The molecule has 2 aromatic carbocycles. The van der Waals surface area contributed by atoms with E-state index in [0.29, 0.717) is 11.4 Å². The molecule has 0 heterocycles. The summed E-state index contributed by atoms with van der Waals surface area (Å²) in [5, 5.41) is 13.4. The van der Waals surface area contributed by atoms with Gasteiger partial charge in [0.2, 0.25) is 5.91 Å². The Morgan fingerprint density at radius 3 is 2.52 bits per heavy atom. The van der Waals surface area contributed by atoms with E-state index in [0.717, 1.165) is 11.3 Å². The molecule has 0 aliphatic carbocycles. The second kappa shape index (κ2) is 7.50. The lowest BCUT2D eigenvalue weighted by Gasteiger charge is -2.08. The molecule has 0 radical (unpaired) electrons. The lowest BCUT2D eigenvalue weighted by molar-refractivity contribution is -0.255. The molecule has 0 spiro atoms. The molecule has 1 amide bonds. The van der Waals surface area contributed by atoms with Crippen LogP contribution < -0.4 is 10.4 Å². The fourth-order valence-corrected chi connectivity index (χ4v) is 2.54. The van der Waals surface area contributed by atoms with Crippen LogP contribution in [0.4, 0.5) is 5.69 Å². The number of aromatic carboxylic acids is 1. The van der Waals surface area contributed by atoms with Crippen molar-refractivity contribution in [3.63, 3.8) is 0 Å². The van der Waals surface area contributed by atoms with E-state index in [4.69, 9.17) is 0 Å². The number of carbonyl (C=O) groups excluding carboxylic acids is 2. The van der Waals surface area contributed by atoms with Crippen molar-refractivity contribution < 1.29 is 14.7 Å². The Labute approximate surface area is 127 Å². The molecule has 21 heavy (non-hydrogen) atoms. The van der Waals surface area contributed by atoms with Gasteiger partial charge in [0.1, 0.15) is 0 Å². The number of hydrogen-bond donors (Lipinski definition) is 1. The third kappa shape index (κ3) is 4.96. The molecule has 0 bridgehead atoms. The molecular formula is C16H14NO3S-. The summed E-state index contributed by atoms with van der Waals surface area (Å²) in [4.78, 5) is 22.5. The van der Waals surface area contributed by atoms with Gasteiger partial charge in [0.05, 0.1) is 11.7 Å². The van der Waals surface area contributed by atoms with Gasteiger partial charge < -0.3 is 15.2 Å². The van der Waals surface area contributed by atoms with Crippen LogP contribution in [0.5, 0.6) is 0 Å². The first-order valence-electron chi connectivity index (χ1n) is 6.38. The highest BCUT2D eigenvalue weighted by Crippen LogP contribution is 2.14. The minimum Gasteiger partial charge on any atom is -0.545 e. The summed E-state index contributed by atoms with van der Waals surface area (Å²) in [5.74, 6) is -0.353. The Kier molecular flexibility index (Phi) is 5.40. The summed E-state index contributed by atoms with van der Waals surface area (Å²) in [6.45, 7) is 0. The molecule has 0 saturated heterocycles. The standard InChI is InChI=1S/C16H15NO3S/c18-15(11-21-10-12-5-2-1-3-6-12)17-14-8-4-7-13(9-14)16(19)20/h1-9H,10-11H2,(H,17,18)(H,19,20)/p-1. The van der Waals surface area contributed by atoms with Crippen LogP contribution in [0, 0.1) is 0 Å². The summed E-state index contributed by atoms with van der Waals surface area (Å²) in [7, 11) is 0. The van der Waals surface area contributed by atoms with Gasteiger partial charge in [-0.3, -0.25) is 4.79 Å². The van der Waals surface area contributed by atoms with Gasteiger partial charge >= 0.3 is 0 Å². The highest BCUT2D eigenvalue weighted by atomic mass is 32.2. The number of amides is 1. The minimum atomic E-state index is -1.26. The summed E-state index contributed by atoms with van der Waals surface area (Å²) in [6.07, 6.45) is 0. The van der Waals surface area contributed by atoms with Gasteiger partial charge in [-0.1, -0.05) is 42.5 Å². The molecule has 0 saturated carbocycles. The monoisotopic (exact) mass is 300 g/mol. The molecule has 0 atom stereocenters. The van der Waals surface area contributed by atoms with E-state index in [-0.39, 0.29) is 11.5 Å². The zero-order valence-corrected chi connectivity index (χ0v) is 12.1. The van der Waals surface area contributed by atoms with Crippen LogP contribution in [0.3, 0.4) is 0 Å². The Morgan fingerprint density at radius 1 is 1.05 bits per heavy atom. The second-order valence-electron chi connectivity index (χ2n) is 4.39. The van der Waals surface area contributed by atoms with E-state index < -0.39 is 5.97 Å². The van der Waals surface area contributed by atoms with Crippen LogP contribution in [-0.2, 0) is 10.5 Å². The number of rotatable bonds is 6. The van der Waals surface area contributed by atoms with Crippen LogP contribution in [0.2, 0.25) is 0 Å². The molecule has 2 rings (SSSR count). The normalized spacial score (nSPS) is 10.1. The number of thioether (sulfide) groups is 1. The zero-order valence-electron chi connectivity index (χ0n) is 11.2. The fraction of sp³-hybridized carbons (Fsp3) is 0.125. The van der Waals surface area contributed by atoms with Gasteiger partial charge in [0, 0.05) is 11.4 Å². The molecule has 4 nitrogen and oxygen atoms in total. The van der Waals surface area contributed by atoms with Crippen LogP contribution in [-0.4, -0.2) is 17.6 Å². The summed E-state index contributed by atoms with van der Waals surface area (Å²) < 4.78 is 0. The number of carbonyl (C=O) groups is 2. The van der Waals surface area contributed by atoms with E-state index >= 15 is 0 Å². The maximum Gasteiger partial charge on any atom is 0.234 e. The molecule has 0 aliphatic rings. The van der Waals surface area contributed by atoms with Crippen LogP contribution in [0.15, 0.2) is 54.6 Å². The van der Waals surface area contributed by atoms with Gasteiger partial charge in [-0.2, -0.15) is 0 Å². The SMILES string of the molecule is O=C(CSCc1ccccc1)Nc1cccc(C(=O)[O-])c1. The maximum absolute atomic E-state index is 11.8. The Balaban J connectivity index is 1.82. The third-order valence-corrected chi connectivity index (χ3v) is 3.73. The molecule has 2 aromatic rings. The highest BCUT2D eigenvalue weighted by Gasteiger charge is 2.04. The minimum absolute atomic E-state index is 0.0461. The Bertz CT molecular complexity index is 628. The Morgan fingerprint density at radius 2 is 1.81 bits per heavy atom. The van der Waals surface area contributed by atoms with E-state index in [1.165, 1.54) is 23.9 Å². The first-order chi connectivity index (χ1) is 10.1. The first-order valence-corrected chi connectivity index (χ1v) is 7.53. The lowest BCUT2D eigenvalue weighted by Crippen LogP contribution is -2.22. The largest absolute Gasteiger partial charge is 0.545 e. The van der Waals surface area contributed by atoms with E-state index in [2.05, 4.69) is 5.32 Å². The molecule has 108 valence electrons. The zero-order chi connectivity index (χ0) is 15.1. The number of anilines is 1. The number of benzene rings is 2. The lowest BCUT2D eigenvalue weighted by atomic mass is 10.2. The predicted octanol–water partition coefficient (Wildman–Crippen LogP) is 1.92. The van der Waals surface area contributed by atoms with Crippen molar-refractivity contribution in [2.75, 3.05) is 11.1 Å². The third-order valence-electron chi connectivity index (χ3n) is 2.73. The number of carboxylic acid groups (broad SMARTS) is 1. The van der Waals surface area contributed by atoms with E-state index in [1.807, 2.05) is 30.3 Å². The molecule has 0 fully saturated rings. The van der Waals surface area contributed by atoms with Crippen molar-refractivity contribution in [1.29, 1.82) is 0 Å². The highest BCUT2D eigenvalue weighted by molar-refractivity contribution is 7.99. The number of nitrogens with one attached hydrogen (secondary N) is 1. The summed E-state index contributed by atoms with van der Waals surface area (Å²) >= 11 is 1.50. The van der Waals surface area contributed by atoms with Gasteiger partial charge in [0.15, 0.2) is 0 Å². The van der Waals surface area contributed by atoms with Gasteiger partial charge in [-0.15, -0.1) is 11.8 Å². The quantitative estimate of drug-likeness (QED) is 0.885. The Hall–Kier alpha value is -2.27. The van der Waals surface area contributed by atoms with Crippen molar-refractivity contribution in [3.8, 4) is 0 Å². The summed E-state index contributed by atoms with van der Waals surface area (Å²) in [5.41, 5.74) is 1.67. The van der Waals surface area contributed by atoms with Crippen LogP contribution in [0.1, 0.15) is 15.9 Å². The number of carboxylic acids is 1.